The SMILES string of the molecule is CC(=O)Nc1ccc(C=c2sc(=C(C#N)C(=O)Nc3c(Cl)cccc3Cl)n(-c3cccc(S(=O)(=O)N(C)C)c3)c2=O)cc1. The first-order chi connectivity index (χ1) is 20.3. The van der Waals surface area contributed by atoms with Crippen molar-refractivity contribution in [2.24, 2.45) is 0 Å². The number of benzene rings is 3. The second-order valence-electron chi connectivity index (χ2n) is 9.18. The molecule has 0 saturated carbocycles. The number of carbonyl (C=O) groups excluding carboxylic acids is 2. The summed E-state index contributed by atoms with van der Waals surface area (Å²) in [6.45, 7) is 1.38. The minimum absolute atomic E-state index is 0.0475. The van der Waals surface area contributed by atoms with Gasteiger partial charge >= 0.3 is 0 Å². The molecule has 0 aliphatic rings. The molecular weight excluding hydrogens is 633 g/mol. The van der Waals surface area contributed by atoms with Crippen LogP contribution < -0.4 is 25.4 Å². The number of nitrogens with zero attached hydrogens (tertiary/aromatic N) is 3. The number of anilines is 2. The lowest BCUT2D eigenvalue weighted by Crippen LogP contribution is -2.32. The van der Waals surface area contributed by atoms with E-state index in [0.29, 0.717) is 11.3 Å². The molecule has 1 aromatic heterocycles. The number of thiazole rings is 1. The molecule has 0 aliphatic carbocycles. The van der Waals surface area contributed by atoms with Gasteiger partial charge in [0.15, 0.2) is 5.57 Å². The van der Waals surface area contributed by atoms with Crippen molar-refractivity contribution in [2.75, 3.05) is 24.7 Å². The Morgan fingerprint density at radius 2 is 1.63 bits per heavy atom. The third-order valence-electron chi connectivity index (χ3n) is 5.96. The van der Waals surface area contributed by atoms with Gasteiger partial charge in [0.05, 0.1) is 30.8 Å². The fourth-order valence-corrected chi connectivity index (χ4v) is 6.42. The number of carbonyl (C=O) groups is 2. The molecule has 43 heavy (non-hydrogen) atoms. The monoisotopic (exact) mass is 655 g/mol. The Balaban J connectivity index is 1.99. The molecular formula is C29H23Cl2N5O5S2. The van der Waals surface area contributed by atoms with E-state index in [9.17, 15) is 28.1 Å². The van der Waals surface area contributed by atoms with Gasteiger partial charge in [-0.25, -0.2) is 12.7 Å². The summed E-state index contributed by atoms with van der Waals surface area (Å²) in [4.78, 5) is 38.5. The predicted octanol–water partition coefficient (Wildman–Crippen LogP) is 3.56. The molecule has 0 unspecified atom stereocenters. The number of rotatable bonds is 7. The van der Waals surface area contributed by atoms with E-state index in [2.05, 4.69) is 10.6 Å². The second kappa shape index (κ2) is 12.9. The van der Waals surface area contributed by atoms with Crippen molar-refractivity contribution in [1.82, 2.24) is 8.87 Å². The van der Waals surface area contributed by atoms with E-state index in [0.717, 1.165) is 20.2 Å². The first-order valence-electron chi connectivity index (χ1n) is 12.4. The molecule has 1 heterocycles. The normalized spacial score (nSPS) is 12.5. The predicted molar refractivity (Wildman–Crippen MR) is 168 cm³/mol. The molecule has 4 rings (SSSR count). The van der Waals surface area contributed by atoms with Gasteiger partial charge in [-0.15, -0.1) is 11.3 Å². The van der Waals surface area contributed by atoms with Gasteiger partial charge < -0.3 is 10.6 Å². The van der Waals surface area contributed by atoms with Gasteiger partial charge in [0.2, 0.25) is 15.9 Å². The maximum Gasteiger partial charge on any atom is 0.273 e. The molecule has 2 amide bonds. The van der Waals surface area contributed by atoms with Crippen LogP contribution in [0.5, 0.6) is 0 Å². The molecule has 0 aliphatic heterocycles. The molecule has 2 N–H and O–H groups in total. The van der Waals surface area contributed by atoms with Crippen LogP contribution in [-0.2, 0) is 19.6 Å². The number of aromatic nitrogens is 1. The fraction of sp³-hybridized carbons (Fsp3) is 0.103. The largest absolute Gasteiger partial charge is 0.326 e. The molecule has 0 saturated heterocycles. The van der Waals surface area contributed by atoms with E-state index in [4.69, 9.17) is 23.2 Å². The topological polar surface area (TPSA) is 141 Å². The Labute approximate surface area is 260 Å². The van der Waals surface area contributed by atoms with Crippen LogP contribution in [0.2, 0.25) is 10.0 Å². The summed E-state index contributed by atoms with van der Waals surface area (Å²) in [7, 11) is -1.13. The Morgan fingerprint density at radius 1 is 1.00 bits per heavy atom. The molecule has 14 heteroatoms. The number of hydrogen-bond donors (Lipinski definition) is 2. The highest BCUT2D eigenvalue weighted by molar-refractivity contribution is 7.89. The van der Waals surface area contributed by atoms with Crippen LogP contribution in [0.25, 0.3) is 17.3 Å². The van der Waals surface area contributed by atoms with Crippen molar-refractivity contribution in [3.63, 3.8) is 0 Å². The quantitative estimate of drug-likeness (QED) is 0.312. The highest BCUT2D eigenvalue weighted by atomic mass is 35.5. The number of sulfonamides is 1. The first kappa shape index (κ1) is 31.7. The average Bonchev–Trinajstić information content (AvgIpc) is 3.27. The molecule has 3 aromatic carbocycles. The van der Waals surface area contributed by atoms with Crippen LogP contribution in [-0.4, -0.2) is 43.2 Å². The van der Waals surface area contributed by atoms with E-state index in [1.807, 2.05) is 6.07 Å². The molecule has 0 atom stereocenters. The number of halogens is 2. The summed E-state index contributed by atoms with van der Waals surface area (Å²) in [5.41, 5.74) is 0.334. The number of hydrogen-bond acceptors (Lipinski definition) is 7. The van der Waals surface area contributed by atoms with Crippen molar-refractivity contribution in [3.8, 4) is 11.8 Å². The highest BCUT2D eigenvalue weighted by Crippen LogP contribution is 2.30. The number of nitriles is 1. The Bertz CT molecular complexity index is 2060. The van der Waals surface area contributed by atoms with Gasteiger partial charge in [-0.05, 0) is 54.1 Å². The summed E-state index contributed by atoms with van der Waals surface area (Å²) in [6.07, 6.45) is 1.56. The molecule has 0 fully saturated rings. The van der Waals surface area contributed by atoms with Crippen molar-refractivity contribution in [1.29, 1.82) is 5.26 Å². The Kier molecular flexibility index (Phi) is 9.54. The highest BCUT2D eigenvalue weighted by Gasteiger charge is 2.22. The van der Waals surface area contributed by atoms with Crippen LogP contribution in [0.3, 0.4) is 0 Å². The smallest absolute Gasteiger partial charge is 0.273 e. The summed E-state index contributed by atoms with van der Waals surface area (Å²) in [5, 5.41) is 15.6. The van der Waals surface area contributed by atoms with Crippen molar-refractivity contribution >= 4 is 79.4 Å². The summed E-state index contributed by atoms with van der Waals surface area (Å²) >= 11 is 13.3. The fourth-order valence-electron chi connectivity index (χ4n) is 3.88. The van der Waals surface area contributed by atoms with E-state index in [1.165, 1.54) is 57.4 Å². The molecule has 0 radical (unpaired) electrons. The van der Waals surface area contributed by atoms with Crippen molar-refractivity contribution in [3.05, 3.63) is 102 Å². The van der Waals surface area contributed by atoms with E-state index in [1.54, 1.807) is 36.4 Å². The van der Waals surface area contributed by atoms with Gasteiger partial charge in [0.1, 0.15) is 10.7 Å². The number of nitrogens with one attached hydrogen (secondary N) is 2. The van der Waals surface area contributed by atoms with Gasteiger partial charge in [-0.3, -0.25) is 19.0 Å². The lowest BCUT2D eigenvalue weighted by atomic mass is 10.2. The average molecular weight is 657 g/mol. The molecule has 220 valence electrons. The van der Waals surface area contributed by atoms with Crippen LogP contribution in [0.15, 0.2) is 76.4 Å². The summed E-state index contributed by atoms with van der Waals surface area (Å²) in [5.74, 6) is -1.12. The van der Waals surface area contributed by atoms with E-state index in [-0.39, 0.29) is 41.4 Å². The standard InChI is InChI=1S/C29H23Cl2N5O5S2/c1-17(37)33-19-12-10-18(11-13-19)14-25-28(39)36(20-6-4-7-21(15-20)43(40,41)35(2)3)29(42-25)22(16-32)27(38)34-26-23(30)8-5-9-24(26)31/h4-15H,1-3H3,(H,33,37)(H,34,38). The first-order valence-corrected chi connectivity index (χ1v) is 15.4. The zero-order valence-corrected chi connectivity index (χ0v) is 26.0. The van der Waals surface area contributed by atoms with Gasteiger partial charge in [-0.1, -0.05) is 47.5 Å². The van der Waals surface area contributed by atoms with Gasteiger partial charge in [0.25, 0.3) is 11.5 Å². The van der Waals surface area contributed by atoms with Gasteiger partial charge in [-0.2, -0.15) is 5.26 Å². The Morgan fingerprint density at radius 3 is 2.21 bits per heavy atom. The lowest BCUT2D eigenvalue weighted by Gasteiger charge is -2.13. The third-order valence-corrected chi connectivity index (χ3v) is 9.49. The van der Waals surface area contributed by atoms with E-state index >= 15 is 0 Å². The van der Waals surface area contributed by atoms with Crippen LogP contribution >= 0.6 is 34.5 Å². The number of amides is 2. The van der Waals surface area contributed by atoms with Gasteiger partial charge in [0, 0.05) is 26.7 Å². The summed E-state index contributed by atoms with van der Waals surface area (Å²) in [6, 6.07) is 18.8. The molecule has 0 spiro atoms. The van der Waals surface area contributed by atoms with Crippen molar-refractivity contribution in [2.45, 2.75) is 11.8 Å². The summed E-state index contributed by atoms with van der Waals surface area (Å²) < 4.78 is 28.0. The maximum atomic E-state index is 13.8. The van der Waals surface area contributed by atoms with Crippen LogP contribution in [0.1, 0.15) is 12.5 Å². The van der Waals surface area contributed by atoms with Crippen LogP contribution in [0, 0.1) is 11.3 Å². The number of para-hydroxylation sites is 1. The molecule has 0 bridgehead atoms. The van der Waals surface area contributed by atoms with Crippen molar-refractivity contribution < 1.29 is 18.0 Å². The zero-order valence-electron chi connectivity index (χ0n) is 22.9. The minimum Gasteiger partial charge on any atom is -0.326 e. The lowest BCUT2D eigenvalue weighted by molar-refractivity contribution is -0.114. The van der Waals surface area contributed by atoms with Crippen LogP contribution in [0.4, 0.5) is 11.4 Å². The van der Waals surface area contributed by atoms with E-state index < -0.39 is 27.1 Å². The Hall–Kier alpha value is -4.25. The maximum absolute atomic E-state index is 13.8. The molecule has 10 nitrogen and oxygen atoms in total. The zero-order chi connectivity index (χ0) is 31.5. The second-order valence-corrected chi connectivity index (χ2v) is 13.2. The molecule has 4 aromatic rings. The third kappa shape index (κ3) is 6.88. The minimum atomic E-state index is -3.88.